The molecule has 0 fully saturated rings. The van der Waals surface area contributed by atoms with Crippen molar-refractivity contribution in [2.45, 2.75) is 139 Å². The molecule has 3 unspecified atom stereocenters. The van der Waals surface area contributed by atoms with E-state index in [1.807, 2.05) is 0 Å². The summed E-state index contributed by atoms with van der Waals surface area (Å²) in [5.41, 5.74) is 17.9. The first-order chi connectivity index (χ1) is 18.3. The predicted molar refractivity (Wildman–Crippen MR) is 218 cm³/mol. The maximum Gasteiger partial charge on any atom is 2.00 e. The molecule has 0 saturated heterocycles. The molecule has 0 amide bonds. The Morgan fingerprint density at radius 2 is 0.523 bits per heavy atom. The smallest absolute Gasteiger partial charge is 0.501 e. The third-order valence-corrected chi connectivity index (χ3v) is 11.7. The van der Waals surface area contributed by atoms with E-state index in [2.05, 4.69) is 209 Å². The van der Waals surface area contributed by atoms with Gasteiger partial charge in [-0.3, -0.25) is 18.2 Å². The van der Waals surface area contributed by atoms with Crippen LogP contribution in [0, 0.1) is 34.9 Å². The number of hydrogen-bond acceptors (Lipinski definition) is 0. The first-order valence-electron chi connectivity index (χ1n) is 16.2. The van der Waals surface area contributed by atoms with Gasteiger partial charge in [-0.1, -0.05) is 174 Å². The second-order valence-corrected chi connectivity index (χ2v) is 48.0. The Morgan fingerprint density at radius 3 is 0.636 bits per heavy atom. The molecule has 0 aromatic rings. The number of hydrogen-bond donors (Lipinski definition) is 0. The molecule has 0 nitrogen and oxygen atoms in total. The van der Waals surface area contributed by atoms with Crippen LogP contribution in [0.2, 0.25) is 118 Å². The first-order valence-corrected chi connectivity index (χ1v) is 37.4. The zero-order valence-electron chi connectivity index (χ0n) is 33.8. The summed E-state index contributed by atoms with van der Waals surface area (Å²) in [5.74, 6) is 1.65. The average molecular weight is 771 g/mol. The molecule has 0 spiro atoms. The zero-order valence-corrected chi connectivity index (χ0v) is 44.1. The summed E-state index contributed by atoms with van der Waals surface area (Å²) in [6.07, 6.45) is 13.7. The minimum absolute atomic E-state index is 0. The van der Waals surface area contributed by atoms with E-state index in [0.29, 0.717) is 17.8 Å². The van der Waals surface area contributed by atoms with E-state index in [4.69, 9.17) is 0 Å². The molecule has 251 valence electrons. The van der Waals surface area contributed by atoms with Gasteiger partial charge in [0.1, 0.15) is 0 Å². The van der Waals surface area contributed by atoms with Gasteiger partial charge in [0, 0.05) is 0 Å². The van der Waals surface area contributed by atoms with Crippen molar-refractivity contribution in [1.29, 1.82) is 0 Å². The van der Waals surface area contributed by atoms with Gasteiger partial charge in [-0.2, -0.15) is 0 Å². The van der Waals surface area contributed by atoms with Gasteiger partial charge in [-0.25, -0.2) is 0 Å². The van der Waals surface area contributed by atoms with E-state index < -0.39 is 48.4 Å². The Morgan fingerprint density at radius 1 is 0.364 bits per heavy atom. The second-order valence-electron chi connectivity index (χ2n) is 18.4. The van der Waals surface area contributed by atoms with E-state index in [1.165, 1.54) is 0 Å². The molecule has 1 radical (unpaired) electrons. The van der Waals surface area contributed by atoms with Crippen molar-refractivity contribution in [3.05, 3.63) is 70.7 Å². The summed E-state index contributed by atoms with van der Waals surface area (Å²) in [6, 6.07) is 0. The summed E-state index contributed by atoms with van der Waals surface area (Å²) in [6.45, 7) is 48.8. The van der Waals surface area contributed by atoms with Crippen LogP contribution in [0.15, 0.2) is 53.6 Å². The van der Waals surface area contributed by atoms with Crippen molar-refractivity contribution in [1.82, 2.24) is 0 Å². The van der Waals surface area contributed by atoms with Crippen molar-refractivity contribution >= 4 is 48.4 Å². The largest absolute Gasteiger partial charge is 2.00 e. The number of rotatable bonds is 12. The van der Waals surface area contributed by atoms with E-state index in [1.54, 1.807) is 0 Å². The van der Waals surface area contributed by atoms with E-state index in [0.717, 1.165) is 0 Å². The Balaban J connectivity index is -0.000000169. The van der Waals surface area contributed by atoms with Gasteiger partial charge in [0.05, 0.1) is 24.2 Å². The molecule has 0 aliphatic heterocycles. The second kappa shape index (κ2) is 24.9. The molecule has 0 bridgehead atoms. The van der Waals surface area contributed by atoms with Crippen molar-refractivity contribution in [3.8, 4) is 0 Å². The molecule has 3 atom stereocenters. The average Bonchev–Trinajstić information content (AvgIpc) is 2.74. The van der Waals surface area contributed by atoms with Gasteiger partial charge in [0.15, 0.2) is 0 Å². The van der Waals surface area contributed by atoms with Gasteiger partial charge in [-0.15, -0.1) is 24.2 Å². The fourth-order valence-electron chi connectivity index (χ4n) is 2.63. The Kier molecular flexibility index (Phi) is 31.4. The standard InChI is InChI=1S/3C12H25Si2.K.Mn/c3*1-12(8-10-13(2,3)4)9-11-14(5,6)7;;/h3*8-10,12H,1-7H3;;/q3*-1;+1;+2/b3*10-8-;;. The Bertz CT molecular complexity index is 701. The molecule has 0 aliphatic rings. The monoisotopic (exact) mass is 769 g/mol. The molecule has 0 rings (SSSR count). The van der Waals surface area contributed by atoms with Crippen LogP contribution in [0.5, 0.6) is 0 Å². The molecular formula is C36H75KMnSi6. The SMILES string of the molecule is CC(C=[C-][Si](C)(C)C)/C=C\[Si](C)(C)C.CC(C=[C-][Si](C)(C)C)/C=C\[Si](C)(C)C.CC(C=[C-][Si](C)(C)C)/C=C\[Si](C)(C)C.[K+].[Mn+2]. The van der Waals surface area contributed by atoms with Crippen LogP contribution in [0.3, 0.4) is 0 Å². The minimum Gasteiger partial charge on any atom is -0.501 e. The molecule has 0 saturated carbocycles. The van der Waals surface area contributed by atoms with Crippen LogP contribution in [-0.2, 0) is 17.1 Å². The topological polar surface area (TPSA) is 0 Å². The van der Waals surface area contributed by atoms with Gasteiger partial charge < -0.3 is 17.1 Å². The molecule has 44 heavy (non-hydrogen) atoms. The summed E-state index contributed by atoms with van der Waals surface area (Å²) < 4.78 is 0. The van der Waals surface area contributed by atoms with Gasteiger partial charge in [0.25, 0.3) is 0 Å². The van der Waals surface area contributed by atoms with Crippen LogP contribution in [0.1, 0.15) is 20.8 Å². The number of allylic oxidation sites excluding steroid dienone is 6. The van der Waals surface area contributed by atoms with Gasteiger partial charge >= 0.3 is 68.5 Å². The van der Waals surface area contributed by atoms with E-state index >= 15 is 0 Å². The van der Waals surface area contributed by atoms with E-state index in [9.17, 15) is 0 Å². The molecule has 0 aliphatic carbocycles. The normalized spacial score (nSPS) is 16.0. The molecule has 0 aromatic carbocycles. The third kappa shape index (κ3) is 56.2. The molecule has 0 aromatic heterocycles. The molecule has 0 heterocycles. The fourth-order valence-corrected chi connectivity index (χ4v) is 7.56. The maximum absolute atomic E-state index is 3.54. The summed E-state index contributed by atoms with van der Waals surface area (Å²) >= 11 is 0. The van der Waals surface area contributed by atoms with Crippen LogP contribution in [-0.4, -0.2) is 48.4 Å². The van der Waals surface area contributed by atoms with Crippen molar-refractivity contribution in [2.75, 3.05) is 0 Å². The van der Waals surface area contributed by atoms with Crippen LogP contribution >= 0.6 is 0 Å². The van der Waals surface area contributed by atoms with Gasteiger partial charge in [-0.05, 0) is 17.8 Å². The van der Waals surface area contributed by atoms with Crippen molar-refractivity contribution < 1.29 is 68.5 Å². The summed E-state index contributed by atoms with van der Waals surface area (Å²) in [7, 11) is -6.40. The Labute approximate surface area is 339 Å². The molecular weight excluding hydrogens is 695 g/mol. The quantitative estimate of drug-likeness (QED) is 0.137. The zero-order chi connectivity index (χ0) is 34.2. The van der Waals surface area contributed by atoms with Gasteiger partial charge in [0.2, 0.25) is 0 Å². The van der Waals surface area contributed by atoms with Crippen molar-refractivity contribution in [2.24, 2.45) is 17.8 Å². The van der Waals surface area contributed by atoms with Crippen molar-refractivity contribution in [3.63, 3.8) is 0 Å². The minimum atomic E-state index is -1.12. The predicted octanol–water partition coefficient (Wildman–Crippen LogP) is 9.88. The molecule has 8 heteroatoms. The third-order valence-electron chi connectivity index (χ3n) is 5.04. The summed E-state index contributed by atoms with van der Waals surface area (Å²) in [5, 5.41) is 0. The van der Waals surface area contributed by atoms with E-state index in [-0.39, 0.29) is 68.5 Å². The van der Waals surface area contributed by atoms with Crippen LogP contribution in [0.25, 0.3) is 0 Å². The molecule has 0 N–H and O–H groups in total. The fraction of sp³-hybridized carbons (Fsp3) is 0.667. The Hall–Kier alpha value is 1.90. The van der Waals surface area contributed by atoms with Crippen LogP contribution in [0.4, 0.5) is 0 Å². The first kappa shape index (κ1) is 55.3. The maximum atomic E-state index is 3.54. The summed E-state index contributed by atoms with van der Waals surface area (Å²) in [4.78, 5) is 0. The van der Waals surface area contributed by atoms with Crippen LogP contribution < -0.4 is 51.4 Å².